The maximum atomic E-state index is 14.7. The number of hydrogen-bond donors (Lipinski definition) is 1. The van der Waals surface area contributed by atoms with Crippen molar-refractivity contribution >= 4 is 11.7 Å². The molecule has 0 spiro atoms. The summed E-state index contributed by atoms with van der Waals surface area (Å²) in [5.41, 5.74) is -0.194. The van der Waals surface area contributed by atoms with Crippen LogP contribution in [0.1, 0.15) is 48.8 Å². The van der Waals surface area contributed by atoms with Crippen molar-refractivity contribution < 1.29 is 31.3 Å². The molecule has 0 saturated heterocycles. The summed E-state index contributed by atoms with van der Waals surface area (Å²) in [4.78, 5) is 20.9. The smallest absolute Gasteiger partial charge is 0.358 e. The molecule has 8 nitrogen and oxygen atoms in total. The first kappa shape index (κ1) is 25.5. The van der Waals surface area contributed by atoms with Crippen molar-refractivity contribution in [3.8, 4) is 11.1 Å². The lowest BCUT2D eigenvalue weighted by Gasteiger charge is -2.14. The van der Waals surface area contributed by atoms with Gasteiger partial charge in [0.05, 0.1) is 12.6 Å². The third-order valence-corrected chi connectivity index (χ3v) is 6.37. The number of aromatic nitrogens is 5. The number of carbonyl (C=O) groups excluding carboxylic acids is 1. The monoisotopic (exact) mass is 532 g/mol. The molecular weight excluding hydrogens is 511 g/mol. The van der Waals surface area contributed by atoms with Gasteiger partial charge in [-0.15, -0.1) is 0 Å². The highest BCUT2D eigenvalue weighted by atomic mass is 19.4. The Kier molecular flexibility index (Phi) is 6.45. The Hall–Kier alpha value is -4.16. The zero-order valence-electron chi connectivity index (χ0n) is 20.0. The third-order valence-electron chi connectivity index (χ3n) is 6.37. The Morgan fingerprint density at radius 2 is 1.89 bits per heavy atom. The first-order valence-corrected chi connectivity index (χ1v) is 11.6. The maximum Gasteiger partial charge on any atom is 0.401 e. The molecule has 4 aromatic rings. The zero-order chi connectivity index (χ0) is 27.1. The van der Waals surface area contributed by atoms with E-state index in [2.05, 4.69) is 25.5 Å². The predicted molar refractivity (Wildman–Crippen MR) is 124 cm³/mol. The number of halogens is 5. The van der Waals surface area contributed by atoms with Gasteiger partial charge in [0, 0.05) is 36.6 Å². The number of nitrogens with one attached hydrogen (secondary N) is 1. The fourth-order valence-corrected chi connectivity index (χ4v) is 4.03. The van der Waals surface area contributed by atoms with Gasteiger partial charge in [0.15, 0.2) is 17.9 Å². The van der Waals surface area contributed by atoms with E-state index in [4.69, 9.17) is 4.52 Å². The second-order valence-corrected chi connectivity index (χ2v) is 9.15. The molecule has 1 N–H and O–H groups in total. The molecule has 1 unspecified atom stereocenters. The Labute approximate surface area is 212 Å². The largest absolute Gasteiger partial charge is 0.401 e. The molecule has 198 valence electrons. The molecule has 1 aliphatic rings. The van der Waals surface area contributed by atoms with E-state index in [0.717, 1.165) is 11.6 Å². The first-order valence-electron chi connectivity index (χ1n) is 11.6. The average Bonchev–Trinajstić information content (AvgIpc) is 3.34. The SMILES string of the molecule is CC(F)n1cc(Cc2ncc(-c3ccc(CC(=O)Nc4cc(C5(C(F)(F)F)CC5)on4)c(F)c3)cn2)cn1. The van der Waals surface area contributed by atoms with Crippen molar-refractivity contribution in [1.82, 2.24) is 24.9 Å². The van der Waals surface area contributed by atoms with Crippen LogP contribution in [0, 0.1) is 5.82 Å². The summed E-state index contributed by atoms with van der Waals surface area (Å²) in [7, 11) is 0. The van der Waals surface area contributed by atoms with Crippen LogP contribution in [0.15, 0.2) is 53.6 Å². The minimum Gasteiger partial charge on any atom is -0.358 e. The van der Waals surface area contributed by atoms with Crippen molar-refractivity contribution in [1.29, 1.82) is 0 Å². The molecule has 1 aromatic carbocycles. The number of anilines is 1. The molecule has 13 heteroatoms. The van der Waals surface area contributed by atoms with Crippen molar-refractivity contribution in [2.75, 3.05) is 5.32 Å². The molecule has 3 heterocycles. The number of alkyl halides is 4. The molecule has 1 aliphatic carbocycles. The fourth-order valence-electron chi connectivity index (χ4n) is 4.03. The first-order chi connectivity index (χ1) is 18.0. The highest BCUT2D eigenvalue weighted by Crippen LogP contribution is 2.59. The van der Waals surface area contributed by atoms with E-state index < -0.39 is 29.6 Å². The fraction of sp³-hybridized carbons (Fsp3) is 0.320. The van der Waals surface area contributed by atoms with Gasteiger partial charge in [-0.2, -0.15) is 18.3 Å². The number of carbonyl (C=O) groups is 1. The van der Waals surface area contributed by atoms with E-state index in [1.165, 1.54) is 42.3 Å². The lowest BCUT2D eigenvalue weighted by atomic mass is 10.0. The van der Waals surface area contributed by atoms with E-state index in [-0.39, 0.29) is 36.4 Å². The van der Waals surface area contributed by atoms with E-state index in [1.807, 2.05) is 0 Å². The van der Waals surface area contributed by atoms with Crippen LogP contribution in [-0.2, 0) is 23.1 Å². The zero-order valence-corrected chi connectivity index (χ0v) is 20.0. The number of nitrogens with zero attached hydrogens (tertiary/aromatic N) is 5. The van der Waals surface area contributed by atoms with Gasteiger partial charge >= 0.3 is 6.18 Å². The Balaban J connectivity index is 1.20. The second-order valence-electron chi connectivity index (χ2n) is 9.15. The van der Waals surface area contributed by atoms with Gasteiger partial charge in [-0.3, -0.25) is 4.79 Å². The van der Waals surface area contributed by atoms with Crippen LogP contribution in [0.3, 0.4) is 0 Å². The van der Waals surface area contributed by atoms with Crippen molar-refractivity contribution in [3.63, 3.8) is 0 Å². The average molecular weight is 532 g/mol. The molecular formula is C25H21F5N6O2. The molecule has 0 radical (unpaired) electrons. The molecule has 1 fully saturated rings. The third kappa shape index (κ3) is 5.13. The standard InChI is InChI=1S/C25H21F5N6O2/c1-14(26)36-13-15(10-33-36)6-21-31-11-18(12-32-21)16-2-3-17(19(27)7-16)8-23(37)34-22-9-20(38-35-22)24(4-5-24)25(28,29)30/h2-3,7,9-14H,4-6,8H2,1H3,(H,34,35,37). The van der Waals surface area contributed by atoms with Crippen LogP contribution in [-0.4, -0.2) is 37.0 Å². The maximum absolute atomic E-state index is 14.7. The Morgan fingerprint density at radius 1 is 1.16 bits per heavy atom. The minimum atomic E-state index is -4.47. The van der Waals surface area contributed by atoms with E-state index >= 15 is 0 Å². The topological polar surface area (TPSA) is 98.7 Å². The summed E-state index contributed by atoms with van der Waals surface area (Å²) in [6, 6.07) is 5.32. The van der Waals surface area contributed by atoms with E-state index in [0.29, 0.717) is 23.4 Å². The summed E-state index contributed by atoms with van der Waals surface area (Å²) in [5.74, 6) is -1.35. The summed E-state index contributed by atoms with van der Waals surface area (Å²) in [6.45, 7) is 1.37. The highest BCUT2D eigenvalue weighted by Gasteiger charge is 2.66. The van der Waals surface area contributed by atoms with Crippen LogP contribution in [0.25, 0.3) is 11.1 Å². The second kappa shape index (κ2) is 9.62. The Bertz CT molecular complexity index is 1460. The molecule has 3 aromatic heterocycles. The van der Waals surface area contributed by atoms with Crippen molar-refractivity contribution in [2.24, 2.45) is 0 Å². The summed E-state index contributed by atoms with van der Waals surface area (Å²) in [5, 5.41) is 9.77. The van der Waals surface area contributed by atoms with Gasteiger partial charge in [-0.1, -0.05) is 17.3 Å². The lowest BCUT2D eigenvalue weighted by molar-refractivity contribution is -0.165. The van der Waals surface area contributed by atoms with Crippen molar-refractivity contribution in [3.05, 3.63) is 77.6 Å². The van der Waals surface area contributed by atoms with Crippen molar-refractivity contribution in [2.45, 2.75) is 50.5 Å². The van der Waals surface area contributed by atoms with Gasteiger partial charge in [0.2, 0.25) is 5.91 Å². The summed E-state index contributed by atoms with van der Waals surface area (Å²) < 4.78 is 73.8. The number of amides is 1. The van der Waals surface area contributed by atoms with Gasteiger partial charge in [-0.25, -0.2) is 23.4 Å². The minimum absolute atomic E-state index is 0.0839. The lowest BCUT2D eigenvalue weighted by Crippen LogP contribution is -2.28. The van der Waals surface area contributed by atoms with Gasteiger partial charge in [0.25, 0.3) is 0 Å². The van der Waals surface area contributed by atoms with Gasteiger partial charge in [-0.05, 0) is 42.5 Å². The summed E-state index contributed by atoms with van der Waals surface area (Å²) in [6.07, 6.45) is 0.228. The van der Waals surface area contributed by atoms with Crippen LogP contribution in [0.4, 0.5) is 27.8 Å². The molecule has 1 amide bonds. The number of benzene rings is 1. The van der Waals surface area contributed by atoms with E-state index in [9.17, 15) is 26.7 Å². The van der Waals surface area contributed by atoms with Gasteiger partial charge < -0.3 is 9.84 Å². The number of rotatable bonds is 8. The van der Waals surface area contributed by atoms with Gasteiger partial charge in [0.1, 0.15) is 17.1 Å². The predicted octanol–water partition coefficient (Wildman–Crippen LogP) is 5.32. The van der Waals surface area contributed by atoms with Crippen LogP contribution in [0.5, 0.6) is 0 Å². The van der Waals surface area contributed by atoms with Crippen LogP contribution in [0.2, 0.25) is 0 Å². The van der Waals surface area contributed by atoms with E-state index in [1.54, 1.807) is 12.3 Å². The Morgan fingerprint density at radius 3 is 2.50 bits per heavy atom. The molecule has 0 aliphatic heterocycles. The molecule has 38 heavy (non-hydrogen) atoms. The number of hydrogen-bond acceptors (Lipinski definition) is 6. The highest BCUT2D eigenvalue weighted by molar-refractivity contribution is 5.91. The molecule has 5 rings (SSSR count). The molecule has 1 saturated carbocycles. The van der Waals surface area contributed by atoms with Crippen LogP contribution >= 0.6 is 0 Å². The normalized spacial score (nSPS) is 15.3. The molecule has 0 bridgehead atoms. The van der Waals surface area contributed by atoms with Crippen LogP contribution < -0.4 is 5.32 Å². The summed E-state index contributed by atoms with van der Waals surface area (Å²) >= 11 is 0. The quantitative estimate of drug-likeness (QED) is 0.309. The molecule has 1 atom stereocenters.